The molecule has 0 spiro atoms. The van der Waals surface area contributed by atoms with E-state index < -0.39 is 0 Å². The lowest BCUT2D eigenvalue weighted by Gasteiger charge is -2.55. The molecule has 2 heterocycles. The molecule has 0 radical (unpaired) electrons. The minimum absolute atomic E-state index is 0.192. The lowest BCUT2D eigenvalue weighted by molar-refractivity contribution is -0.269. The molecule has 2 aliphatic rings. The van der Waals surface area contributed by atoms with E-state index in [0.29, 0.717) is 11.6 Å². The van der Waals surface area contributed by atoms with Crippen LogP contribution in [0.4, 0.5) is 0 Å². The third kappa shape index (κ3) is 3.70. The third-order valence-electron chi connectivity index (χ3n) is 4.76. The number of piperidine rings is 1. The minimum Gasteiger partial charge on any atom is -0.363 e. The molecule has 5 heteroatoms. The van der Waals surface area contributed by atoms with Crippen LogP contribution in [0, 0.1) is 0 Å². The summed E-state index contributed by atoms with van der Waals surface area (Å²) in [5.41, 5.74) is 0.0565. The molecule has 126 valence electrons. The number of rotatable bonds is 3. The van der Waals surface area contributed by atoms with Crippen molar-refractivity contribution in [2.75, 3.05) is 26.2 Å². The van der Waals surface area contributed by atoms with Crippen LogP contribution in [-0.4, -0.2) is 59.2 Å². The predicted octanol–water partition coefficient (Wildman–Crippen LogP) is 1.95. The maximum Gasteiger partial charge on any atom is 0.352 e. The van der Waals surface area contributed by atoms with Crippen LogP contribution < -0.4 is 5.32 Å². The maximum absolute atomic E-state index is 12.0. The lowest BCUT2D eigenvalue weighted by atomic mass is 9.78. The first kappa shape index (κ1) is 17.4. The molecule has 5 nitrogen and oxygen atoms in total. The smallest absolute Gasteiger partial charge is 0.352 e. The highest BCUT2D eigenvalue weighted by molar-refractivity contribution is 5.86. The fraction of sp³-hybridized carbons (Fsp3) is 0.824. The van der Waals surface area contributed by atoms with E-state index in [1.165, 1.54) is 0 Å². The number of carbonyl (C=O) groups excluding carboxylic acids is 1. The average Bonchev–Trinajstić information content (AvgIpc) is 2.42. The van der Waals surface area contributed by atoms with Crippen LogP contribution in [-0.2, 0) is 9.63 Å². The van der Waals surface area contributed by atoms with Gasteiger partial charge in [0.25, 0.3) is 0 Å². The Morgan fingerprint density at radius 3 is 2.09 bits per heavy atom. The molecule has 2 fully saturated rings. The molecule has 0 aromatic rings. The van der Waals surface area contributed by atoms with Gasteiger partial charge in [0.05, 0.1) is 11.1 Å². The highest BCUT2D eigenvalue weighted by Crippen LogP contribution is 2.40. The van der Waals surface area contributed by atoms with Crippen LogP contribution in [0.3, 0.4) is 0 Å². The molecule has 0 saturated carbocycles. The SMILES string of the molecule is C=C(C)C(=O)ON1C(C)(C)CC(N2CCNCC2)CC1(C)C. The zero-order valence-electron chi connectivity index (χ0n) is 14.7. The largest absolute Gasteiger partial charge is 0.363 e. The standard InChI is InChI=1S/C17H31N3O2/c1-13(2)15(21)22-20-16(3,4)11-14(12-17(20,5)6)19-9-7-18-8-10-19/h14,18H,1,7-12H2,2-6H3. The highest BCUT2D eigenvalue weighted by Gasteiger charge is 2.49. The second kappa shape index (κ2) is 6.30. The van der Waals surface area contributed by atoms with Crippen LogP contribution in [0.25, 0.3) is 0 Å². The van der Waals surface area contributed by atoms with E-state index in [-0.39, 0.29) is 17.0 Å². The summed E-state index contributed by atoms with van der Waals surface area (Å²) in [7, 11) is 0. The Morgan fingerprint density at radius 2 is 1.64 bits per heavy atom. The summed E-state index contributed by atoms with van der Waals surface area (Å²) >= 11 is 0. The van der Waals surface area contributed by atoms with Gasteiger partial charge in [-0.1, -0.05) is 6.58 Å². The van der Waals surface area contributed by atoms with Gasteiger partial charge in [0, 0.05) is 37.8 Å². The Hall–Kier alpha value is -0.910. The maximum atomic E-state index is 12.0. The van der Waals surface area contributed by atoms with E-state index in [1.807, 2.05) is 5.06 Å². The Balaban J connectivity index is 2.14. The molecule has 0 atom stereocenters. The first-order chi connectivity index (χ1) is 10.1. The van der Waals surface area contributed by atoms with Crippen molar-refractivity contribution < 1.29 is 9.63 Å². The van der Waals surface area contributed by atoms with Gasteiger partial charge < -0.3 is 10.2 Å². The van der Waals surface area contributed by atoms with E-state index in [4.69, 9.17) is 4.84 Å². The number of nitrogens with one attached hydrogen (secondary N) is 1. The van der Waals surface area contributed by atoms with E-state index >= 15 is 0 Å². The van der Waals surface area contributed by atoms with Gasteiger partial charge in [0.15, 0.2) is 0 Å². The molecule has 0 aromatic carbocycles. The van der Waals surface area contributed by atoms with E-state index in [2.05, 4.69) is 44.5 Å². The van der Waals surface area contributed by atoms with Gasteiger partial charge in [-0.25, -0.2) is 4.79 Å². The average molecular weight is 309 g/mol. The topological polar surface area (TPSA) is 44.8 Å². The van der Waals surface area contributed by atoms with Gasteiger partial charge in [-0.2, -0.15) is 0 Å². The van der Waals surface area contributed by atoms with Crippen LogP contribution in [0.1, 0.15) is 47.5 Å². The summed E-state index contributed by atoms with van der Waals surface area (Å²) in [4.78, 5) is 20.3. The molecule has 2 rings (SSSR count). The fourth-order valence-electron chi connectivity index (χ4n) is 3.92. The molecular weight excluding hydrogens is 278 g/mol. The number of carbonyl (C=O) groups is 1. The lowest BCUT2D eigenvalue weighted by Crippen LogP contribution is -2.65. The van der Waals surface area contributed by atoms with Gasteiger partial charge in [0.1, 0.15) is 0 Å². The molecular formula is C17H31N3O2. The van der Waals surface area contributed by atoms with Crippen LogP contribution in [0.15, 0.2) is 12.2 Å². The summed E-state index contributed by atoms with van der Waals surface area (Å²) in [6.07, 6.45) is 2.00. The number of hydroxylamine groups is 2. The first-order valence-corrected chi connectivity index (χ1v) is 8.26. The molecule has 1 N–H and O–H groups in total. The zero-order chi connectivity index (χ0) is 16.5. The second-order valence-electron chi connectivity index (χ2n) is 7.93. The summed E-state index contributed by atoms with van der Waals surface area (Å²) in [6.45, 7) is 18.3. The normalized spacial score (nSPS) is 26.6. The highest BCUT2D eigenvalue weighted by atomic mass is 16.7. The zero-order valence-corrected chi connectivity index (χ0v) is 14.7. The molecule has 0 unspecified atom stereocenters. The molecule has 2 saturated heterocycles. The number of nitrogens with zero attached hydrogens (tertiary/aromatic N) is 2. The van der Waals surface area contributed by atoms with Gasteiger partial charge in [0.2, 0.25) is 0 Å². The van der Waals surface area contributed by atoms with E-state index in [9.17, 15) is 4.79 Å². The van der Waals surface area contributed by atoms with Crippen LogP contribution in [0.5, 0.6) is 0 Å². The van der Waals surface area contributed by atoms with Gasteiger partial charge in [-0.05, 0) is 47.5 Å². The van der Waals surface area contributed by atoms with Gasteiger partial charge in [-0.15, -0.1) is 5.06 Å². The van der Waals surface area contributed by atoms with Crippen LogP contribution in [0.2, 0.25) is 0 Å². The molecule has 0 bridgehead atoms. The Bertz CT molecular complexity index is 421. The van der Waals surface area contributed by atoms with Crippen molar-refractivity contribution in [3.05, 3.63) is 12.2 Å². The Kier molecular flexibility index (Phi) is 5.00. The van der Waals surface area contributed by atoms with Crippen molar-refractivity contribution in [3.63, 3.8) is 0 Å². The number of hydrogen-bond donors (Lipinski definition) is 1. The van der Waals surface area contributed by atoms with Crippen LogP contribution >= 0.6 is 0 Å². The van der Waals surface area contributed by atoms with Crippen molar-refractivity contribution in [2.24, 2.45) is 0 Å². The van der Waals surface area contributed by atoms with E-state index in [0.717, 1.165) is 39.0 Å². The van der Waals surface area contributed by atoms with Gasteiger partial charge in [-0.3, -0.25) is 4.90 Å². The summed E-state index contributed by atoms with van der Waals surface area (Å²) < 4.78 is 0. The molecule has 22 heavy (non-hydrogen) atoms. The monoisotopic (exact) mass is 309 g/mol. The predicted molar refractivity (Wildman–Crippen MR) is 88.4 cm³/mol. The quantitative estimate of drug-likeness (QED) is 0.807. The second-order valence-corrected chi connectivity index (χ2v) is 7.93. The van der Waals surface area contributed by atoms with Crippen molar-refractivity contribution in [1.29, 1.82) is 0 Å². The summed E-state index contributed by atoms with van der Waals surface area (Å²) in [6, 6.07) is 0.534. The van der Waals surface area contributed by atoms with Crippen molar-refractivity contribution in [2.45, 2.75) is 64.6 Å². The molecule has 0 aliphatic carbocycles. The summed E-state index contributed by atoms with van der Waals surface area (Å²) in [5.74, 6) is -0.332. The number of hydrogen-bond acceptors (Lipinski definition) is 5. The minimum atomic E-state index is -0.332. The van der Waals surface area contributed by atoms with Crippen molar-refractivity contribution in [3.8, 4) is 0 Å². The van der Waals surface area contributed by atoms with Crippen molar-refractivity contribution in [1.82, 2.24) is 15.3 Å². The summed E-state index contributed by atoms with van der Waals surface area (Å²) in [5, 5.41) is 5.31. The molecule has 2 aliphatic heterocycles. The molecule has 0 aromatic heterocycles. The Morgan fingerprint density at radius 1 is 1.14 bits per heavy atom. The molecule has 0 amide bonds. The van der Waals surface area contributed by atoms with Crippen molar-refractivity contribution >= 4 is 5.97 Å². The van der Waals surface area contributed by atoms with Gasteiger partial charge >= 0.3 is 5.97 Å². The van der Waals surface area contributed by atoms with E-state index in [1.54, 1.807) is 6.92 Å². The third-order valence-corrected chi connectivity index (χ3v) is 4.76. The Labute approximate surface area is 134 Å². The number of piperazine rings is 1. The fourth-order valence-corrected chi connectivity index (χ4v) is 3.92. The first-order valence-electron chi connectivity index (χ1n) is 8.26.